The van der Waals surface area contributed by atoms with E-state index in [0.29, 0.717) is 18.6 Å². The fraction of sp³-hybridized carbons (Fsp3) is 0.650. The fourth-order valence-corrected chi connectivity index (χ4v) is 5.03. The minimum absolute atomic E-state index is 0.506. The zero-order chi connectivity index (χ0) is 19.0. The Kier molecular flexibility index (Phi) is 5.07. The van der Waals surface area contributed by atoms with Crippen LogP contribution < -0.4 is 0 Å². The smallest absolute Gasteiger partial charge is 0.179 e. The Morgan fingerprint density at radius 2 is 2.07 bits per heavy atom. The lowest BCUT2D eigenvalue weighted by atomic mass is 9.93. The maximum atomic E-state index is 5.94. The maximum Gasteiger partial charge on any atom is 0.179 e. The van der Waals surface area contributed by atoms with E-state index in [1.165, 1.54) is 31.7 Å². The summed E-state index contributed by atoms with van der Waals surface area (Å²) in [5, 5.41) is 8.98. The van der Waals surface area contributed by atoms with Crippen molar-refractivity contribution in [3.05, 3.63) is 24.3 Å². The highest BCUT2D eigenvalue weighted by molar-refractivity contribution is 6.76. The van der Waals surface area contributed by atoms with Gasteiger partial charge in [0.2, 0.25) is 0 Å². The van der Waals surface area contributed by atoms with Gasteiger partial charge in [0, 0.05) is 26.8 Å². The van der Waals surface area contributed by atoms with Crippen molar-refractivity contribution >= 4 is 24.9 Å². The summed E-state index contributed by atoms with van der Waals surface area (Å²) in [7, 11) is -1.06. The molecule has 3 aromatic heterocycles. The second-order valence-corrected chi connectivity index (χ2v) is 14.7. The summed E-state index contributed by atoms with van der Waals surface area (Å²) in [5.74, 6) is 2.33. The average Bonchev–Trinajstić information content (AvgIpc) is 3.34. The zero-order valence-corrected chi connectivity index (χ0v) is 18.0. The third kappa shape index (κ3) is 3.67. The maximum absolute atomic E-state index is 5.94. The van der Waals surface area contributed by atoms with Gasteiger partial charge in [-0.25, -0.2) is 4.98 Å². The minimum Gasteiger partial charge on any atom is -0.361 e. The van der Waals surface area contributed by atoms with Gasteiger partial charge in [0.05, 0.1) is 11.7 Å². The van der Waals surface area contributed by atoms with Crippen LogP contribution in [0.4, 0.5) is 0 Å². The van der Waals surface area contributed by atoms with E-state index in [9.17, 15) is 0 Å². The summed E-state index contributed by atoms with van der Waals surface area (Å²) < 4.78 is 10.3. The van der Waals surface area contributed by atoms with E-state index >= 15 is 0 Å². The number of nitrogens with zero attached hydrogens (tertiary/aromatic N) is 5. The molecule has 0 saturated heterocycles. The molecule has 0 spiro atoms. The highest BCUT2D eigenvalue weighted by Crippen LogP contribution is 2.41. The molecule has 7 heteroatoms. The van der Waals surface area contributed by atoms with E-state index in [2.05, 4.69) is 63.0 Å². The SMILES string of the molecule is CCC1CCCC1c1nnc2cnc3c(ccn3COCC[Si](C)(C)C)n12. The zero-order valence-electron chi connectivity index (χ0n) is 17.0. The Labute approximate surface area is 162 Å². The van der Waals surface area contributed by atoms with Crippen molar-refractivity contribution < 1.29 is 4.74 Å². The first-order valence-corrected chi connectivity index (χ1v) is 14.0. The van der Waals surface area contributed by atoms with Gasteiger partial charge in [-0.1, -0.05) is 39.4 Å². The Bertz CT molecular complexity index is 926. The Balaban J connectivity index is 1.62. The fourth-order valence-electron chi connectivity index (χ4n) is 4.28. The van der Waals surface area contributed by atoms with Crippen LogP contribution in [0, 0.1) is 5.92 Å². The molecule has 1 fully saturated rings. The van der Waals surface area contributed by atoms with Crippen LogP contribution in [0.15, 0.2) is 18.5 Å². The molecule has 2 unspecified atom stereocenters. The number of hydrogen-bond donors (Lipinski definition) is 0. The van der Waals surface area contributed by atoms with Gasteiger partial charge in [-0.05, 0) is 30.9 Å². The summed E-state index contributed by atoms with van der Waals surface area (Å²) in [6.07, 6.45) is 8.92. The monoisotopic (exact) mass is 385 g/mol. The highest BCUT2D eigenvalue weighted by Gasteiger charge is 2.31. The first-order chi connectivity index (χ1) is 13.0. The van der Waals surface area contributed by atoms with Crippen LogP contribution in [-0.2, 0) is 11.5 Å². The molecular formula is C20H31N5OSi. The topological polar surface area (TPSA) is 57.2 Å². The van der Waals surface area contributed by atoms with E-state index in [1.54, 1.807) is 0 Å². The van der Waals surface area contributed by atoms with Crippen molar-refractivity contribution in [3.63, 3.8) is 0 Å². The first-order valence-electron chi connectivity index (χ1n) is 10.2. The molecular weight excluding hydrogens is 354 g/mol. The molecule has 0 aromatic carbocycles. The molecule has 3 heterocycles. The molecule has 0 bridgehead atoms. The number of aromatic nitrogens is 5. The van der Waals surface area contributed by atoms with Crippen LogP contribution in [0.1, 0.15) is 44.3 Å². The van der Waals surface area contributed by atoms with Gasteiger partial charge in [0.15, 0.2) is 11.3 Å². The molecule has 27 heavy (non-hydrogen) atoms. The summed E-state index contributed by atoms with van der Waals surface area (Å²) in [6.45, 7) is 10.8. The lowest BCUT2D eigenvalue weighted by Gasteiger charge is -2.16. The molecule has 0 aliphatic heterocycles. The van der Waals surface area contributed by atoms with Crippen molar-refractivity contribution in [2.45, 2.75) is 70.9 Å². The van der Waals surface area contributed by atoms with Crippen LogP contribution in [0.25, 0.3) is 16.8 Å². The van der Waals surface area contributed by atoms with Gasteiger partial charge < -0.3 is 9.30 Å². The number of ether oxygens (including phenoxy) is 1. The van der Waals surface area contributed by atoms with Crippen LogP contribution in [0.2, 0.25) is 25.7 Å². The summed E-state index contributed by atoms with van der Waals surface area (Å²) in [5.41, 5.74) is 2.88. The Morgan fingerprint density at radius 1 is 1.22 bits per heavy atom. The van der Waals surface area contributed by atoms with E-state index < -0.39 is 8.07 Å². The molecule has 0 radical (unpaired) electrons. The molecule has 1 aliphatic rings. The van der Waals surface area contributed by atoms with Gasteiger partial charge in [0.25, 0.3) is 0 Å². The Hall–Kier alpha value is -1.73. The van der Waals surface area contributed by atoms with Crippen molar-refractivity contribution in [1.82, 2.24) is 24.1 Å². The molecule has 146 valence electrons. The Morgan fingerprint density at radius 3 is 2.85 bits per heavy atom. The van der Waals surface area contributed by atoms with Crippen molar-refractivity contribution in [3.8, 4) is 0 Å². The first kappa shape index (κ1) is 18.6. The lowest BCUT2D eigenvalue weighted by Crippen LogP contribution is -2.22. The predicted octanol–water partition coefficient (Wildman–Crippen LogP) is 4.69. The number of fused-ring (bicyclic) bond motifs is 3. The molecule has 6 nitrogen and oxygen atoms in total. The van der Waals surface area contributed by atoms with Crippen molar-refractivity contribution in [2.24, 2.45) is 5.92 Å². The van der Waals surface area contributed by atoms with Gasteiger partial charge in [0.1, 0.15) is 12.6 Å². The number of hydrogen-bond acceptors (Lipinski definition) is 4. The molecule has 1 saturated carbocycles. The van der Waals surface area contributed by atoms with E-state index in [4.69, 9.17) is 4.74 Å². The third-order valence-corrected chi connectivity index (χ3v) is 7.62. The second-order valence-electron chi connectivity index (χ2n) is 9.06. The summed E-state index contributed by atoms with van der Waals surface area (Å²) in [4.78, 5) is 4.64. The molecule has 4 rings (SSSR count). The average molecular weight is 386 g/mol. The predicted molar refractivity (Wildman–Crippen MR) is 111 cm³/mol. The molecule has 2 atom stereocenters. The van der Waals surface area contributed by atoms with Crippen LogP contribution in [0.3, 0.4) is 0 Å². The van der Waals surface area contributed by atoms with Crippen molar-refractivity contribution in [2.75, 3.05) is 6.61 Å². The second kappa shape index (κ2) is 7.35. The summed E-state index contributed by atoms with van der Waals surface area (Å²) >= 11 is 0. The van der Waals surface area contributed by atoms with E-state index in [0.717, 1.165) is 29.2 Å². The largest absolute Gasteiger partial charge is 0.361 e. The van der Waals surface area contributed by atoms with E-state index in [-0.39, 0.29) is 0 Å². The van der Waals surface area contributed by atoms with Crippen LogP contribution >= 0.6 is 0 Å². The standard InChI is InChI=1S/C20H31N5OSi/c1-5-15-7-6-8-16(15)19-23-22-18-13-21-20-17(25(18)19)9-10-24(20)14-26-11-12-27(2,3)4/h9-10,13,15-16H,5-8,11-12,14H2,1-4H3. The molecule has 0 amide bonds. The molecule has 1 aliphatic carbocycles. The summed E-state index contributed by atoms with van der Waals surface area (Å²) in [6, 6.07) is 3.31. The molecule has 0 N–H and O–H groups in total. The van der Waals surface area contributed by atoms with Crippen molar-refractivity contribution in [1.29, 1.82) is 0 Å². The number of rotatable bonds is 7. The molecule has 3 aromatic rings. The lowest BCUT2D eigenvalue weighted by molar-refractivity contribution is 0.0899. The highest BCUT2D eigenvalue weighted by atomic mass is 28.3. The van der Waals surface area contributed by atoms with Crippen LogP contribution in [0.5, 0.6) is 0 Å². The van der Waals surface area contributed by atoms with Gasteiger partial charge in [-0.15, -0.1) is 10.2 Å². The van der Waals surface area contributed by atoms with Gasteiger partial charge in [-0.3, -0.25) is 4.40 Å². The third-order valence-electron chi connectivity index (χ3n) is 5.91. The van der Waals surface area contributed by atoms with E-state index in [1.807, 2.05) is 6.20 Å². The van der Waals surface area contributed by atoms with Crippen LogP contribution in [-0.4, -0.2) is 38.8 Å². The van der Waals surface area contributed by atoms with Gasteiger partial charge >= 0.3 is 0 Å². The normalized spacial score (nSPS) is 20.9. The quantitative estimate of drug-likeness (QED) is 0.437. The minimum atomic E-state index is -1.06. The van der Waals surface area contributed by atoms with Gasteiger partial charge in [-0.2, -0.15) is 0 Å².